The molecule has 0 radical (unpaired) electrons. The van der Waals surface area contributed by atoms with Crippen LogP contribution in [0.2, 0.25) is 0 Å². The Balaban J connectivity index is 2.09. The van der Waals surface area contributed by atoms with Gasteiger partial charge in [0.1, 0.15) is 5.82 Å². The highest BCUT2D eigenvalue weighted by atomic mass is 79.9. The number of carbonyl (C=O) groups is 1. The summed E-state index contributed by atoms with van der Waals surface area (Å²) in [5.74, 6) is -2.31. The van der Waals surface area contributed by atoms with Crippen molar-refractivity contribution in [2.75, 3.05) is 13.1 Å². The molecule has 7 heteroatoms. The van der Waals surface area contributed by atoms with Crippen molar-refractivity contribution in [1.29, 1.82) is 0 Å². The lowest BCUT2D eigenvalue weighted by molar-refractivity contribution is -0.183. The Morgan fingerprint density at radius 3 is 2.33 bits per heavy atom. The Morgan fingerprint density at radius 1 is 1.29 bits per heavy atom. The van der Waals surface area contributed by atoms with Crippen LogP contribution < -0.4 is 0 Å². The second-order valence-corrected chi connectivity index (χ2v) is 6.03. The van der Waals surface area contributed by atoms with E-state index >= 15 is 0 Å². The molecule has 1 aromatic carbocycles. The third kappa shape index (κ3) is 3.56. The van der Waals surface area contributed by atoms with E-state index in [0.29, 0.717) is 10.0 Å². The lowest BCUT2D eigenvalue weighted by Gasteiger charge is -2.33. The van der Waals surface area contributed by atoms with Gasteiger partial charge < -0.3 is 4.90 Å². The van der Waals surface area contributed by atoms with Crippen molar-refractivity contribution < 1.29 is 22.4 Å². The van der Waals surface area contributed by atoms with Gasteiger partial charge in [0.25, 0.3) is 5.91 Å². The minimum absolute atomic E-state index is 0.0378. The Kier molecular flexibility index (Phi) is 4.60. The number of nitrogens with zero attached hydrogens (tertiary/aromatic N) is 1. The van der Waals surface area contributed by atoms with Crippen LogP contribution in [0.3, 0.4) is 0 Å². The predicted octanol–water partition coefficient (Wildman–Crippen LogP) is 4.31. The minimum atomic E-state index is -4.21. The number of piperidine rings is 1. The van der Waals surface area contributed by atoms with E-state index in [4.69, 9.17) is 0 Å². The van der Waals surface area contributed by atoms with E-state index in [0.717, 1.165) is 6.07 Å². The quantitative estimate of drug-likeness (QED) is 0.677. The maximum absolute atomic E-state index is 13.6. The standard InChI is InChI=1S/C14H14BrF4NO/c1-8-11(15)6-9(7-12(8)16)13(21)20-4-2-10(3-5-20)14(17,18)19/h6-7,10H,2-5H2,1H3. The third-order valence-electron chi connectivity index (χ3n) is 3.77. The van der Waals surface area contributed by atoms with E-state index in [1.807, 2.05) is 0 Å². The van der Waals surface area contributed by atoms with Crippen LogP contribution in [0.15, 0.2) is 16.6 Å². The van der Waals surface area contributed by atoms with Crippen molar-refractivity contribution in [3.8, 4) is 0 Å². The first-order chi connectivity index (χ1) is 9.70. The van der Waals surface area contributed by atoms with Gasteiger partial charge in [0.05, 0.1) is 5.92 Å². The van der Waals surface area contributed by atoms with Gasteiger partial charge in [0.2, 0.25) is 0 Å². The average molecular weight is 368 g/mol. The summed E-state index contributed by atoms with van der Waals surface area (Å²) in [5.41, 5.74) is 0.540. The number of alkyl halides is 3. The average Bonchev–Trinajstić information content (AvgIpc) is 2.42. The second-order valence-electron chi connectivity index (χ2n) is 5.17. The Bertz CT molecular complexity index is 527. The van der Waals surface area contributed by atoms with E-state index in [1.165, 1.54) is 11.0 Å². The van der Waals surface area contributed by atoms with E-state index in [-0.39, 0.29) is 31.5 Å². The van der Waals surface area contributed by atoms with Crippen molar-refractivity contribution in [1.82, 2.24) is 4.90 Å². The van der Waals surface area contributed by atoms with Gasteiger partial charge in [0, 0.05) is 23.1 Å². The maximum atomic E-state index is 13.6. The van der Waals surface area contributed by atoms with Gasteiger partial charge in [-0.1, -0.05) is 15.9 Å². The maximum Gasteiger partial charge on any atom is 0.391 e. The fourth-order valence-corrected chi connectivity index (χ4v) is 2.80. The molecule has 21 heavy (non-hydrogen) atoms. The van der Waals surface area contributed by atoms with Gasteiger partial charge in [-0.25, -0.2) is 4.39 Å². The number of hydrogen-bond acceptors (Lipinski definition) is 1. The summed E-state index contributed by atoms with van der Waals surface area (Å²) in [4.78, 5) is 13.6. The highest BCUT2D eigenvalue weighted by Gasteiger charge is 2.41. The summed E-state index contributed by atoms with van der Waals surface area (Å²) in [7, 11) is 0. The highest BCUT2D eigenvalue weighted by Crippen LogP contribution is 2.34. The molecule has 1 aromatic rings. The van der Waals surface area contributed by atoms with Gasteiger partial charge in [-0.2, -0.15) is 13.2 Å². The number of amides is 1. The van der Waals surface area contributed by atoms with Crippen LogP contribution in [0.25, 0.3) is 0 Å². The van der Waals surface area contributed by atoms with E-state index in [9.17, 15) is 22.4 Å². The SMILES string of the molecule is Cc1c(F)cc(C(=O)N2CCC(C(F)(F)F)CC2)cc1Br. The zero-order valence-electron chi connectivity index (χ0n) is 11.3. The Morgan fingerprint density at radius 2 is 1.86 bits per heavy atom. The second kappa shape index (κ2) is 5.94. The predicted molar refractivity (Wildman–Crippen MR) is 73.5 cm³/mol. The normalized spacial score (nSPS) is 17.1. The smallest absolute Gasteiger partial charge is 0.339 e. The number of hydrogen-bond donors (Lipinski definition) is 0. The van der Waals surface area contributed by atoms with Crippen LogP contribution in [-0.4, -0.2) is 30.1 Å². The monoisotopic (exact) mass is 367 g/mol. The number of likely N-dealkylation sites (tertiary alicyclic amines) is 1. The zero-order chi connectivity index (χ0) is 15.8. The summed E-state index contributed by atoms with van der Waals surface area (Å²) in [6.45, 7) is 1.65. The first-order valence-corrected chi connectivity index (χ1v) is 7.31. The molecule has 0 bridgehead atoms. The molecule has 1 amide bonds. The molecular weight excluding hydrogens is 354 g/mol. The number of carbonyl (C=O) groups excluding carboxylic acids is 1. The first kappa shape index (κ1) is 16.3. The molecule has 0 atom stereocenters. The van der Waals surface area contributed by atoms with Gasteiger partial charge in [0.15, 0.2) is 0 Å². The first-order valence-electron chi connectivity index (χ1n) is 6.51. The molecule has 1 aliphatic rings. The molecule has 0 aliphatic carbocycles. The van der Waals surface area contributed by atoms with Crippen LogP contribution in [0, 0.1) is 18.7 Å². The van der Waals surface area contributed by atoms with Crippen LogP contribution >= 0.6 is 15.9 Å². The molecule has 0 spiro atoms. The molecule has 2 rings (SSSR count). The summed E-state index contributed by atoms with van der Waals surface area (Å²) in [6, 6.07) is 2.62. The van der Waals surface area contributed by atoms with Gasteiger partial charge in [-0.15, -0.1) is 0 Å². The van der Waals surface area contributed by atoms with Crippen molar-refractivity contribution in [3.63, 3.8) is 0 Å². The van der Waals surface area contributed by atoms with Crippen molar-refractivity contribution >= 4 is 21.8 Å². The molecule has 1 saturated heterocycles. The van der Waals surface area contributed by atoms with Crippen molar-refractivity contribution in [3.05, 3.63) is 33.5 Å². The summed E-state index contributed by atoms with van der Waals surface area (Å²) < 4.78 is 51.9. The van der Waals surface area contributed by atoms with Gasteiger partial charge in [-0.3, -0.25) is 4.79 Å². The van der Waals surface area contributed by atoms with Crippen LogP contribution in [0.4, 0.5) is 17.6 Å². The molecule has 0 unspecified atom stereocenters. The molecule has 2 nitrogen and oxygen atoms in total. The summed E-state index contributed by atoms with van der Waals surface area (Å²) in [5, 5.41) is 0. The zero-order valence-corrected chi connectivity index (χ0v) is 12.9. The van der Waals surface area contributed by atoms with Crippen LogP contribution in [-0.2, 0) is 0 Å². The fraction of sp³-hybridized carbons (Fsp3) is 0.500. The Labute approximate surface area is 128 Å². The summed E-state index contributed by atoms with van der Waals surface area (Å²) in [6.07, 6.45) is -4.43. The lowest BCUT2D eigenvalue weighted by Crippen LogP contribution is -2.42. The molecule has 116 valence electrons. The fourth-order valence-electron chi connectivity index (χ4n) is 2.36. The highest BCUT2D eigenvalue weighted by molar-refractivity contribution is 9.10. The molecule has 1 aliphatic heterocycles. The molecular formula is C14H14BrF4NO. The summed E-state index contributed by atoms with van der Waals surface area (Å²) >= 11 is 3.17. The van der Waals surface area contributed by atoms with Gasteiger partial charge in [-0.05, 0) is 37.5 Å². The topological polar surface area (TPSA) is 20.3 Å². The van der Waals surface area contributed by atoms with Gasteiger partial charge >= 0.3 is 6.18 Å². The molecule has 1 fully saturated rings. The number of halogens is 5. The molecule has 1 heterocycles. The lowest BCUT2D eigenvalue weighted by atomic mass is 9.96. The van der Waals surface area contributed by atoms with Crippen molar-refractivity contribution in [2.24, 2.45) is 5.92 Å². The third-order valence-corrected chi connectivity index (χ3v) is 4.60. The van der Waals surface area contributed by atoms with Crippen LogP contribution in [0.1, 0.15) is 28.8 Å². The van der Waals surface area contributed by atoms with E-state index in [1.54, 1.807) is 6.92 Å². The molecule has 0 N–H and O–H groups in total. The van der Waals surface area contributed by atoms with E-state index in [2.05, 4.69) is 15.9 Å². The molecule has 0 saturated carbocycles. The Hall–Kier alpha value is -1.11. The minimum Gasteiger partial charge on any atom is -0.339 e. The largest absolute Gasteiger partial charge is 0.391 e. The molecule has 0 aromatic heterocycles. The number of benzene rings is 1. The van der Waals surface area contributed by atoms with Crippen molar-refractivity contribution in [2.45, 2.75) is 25.9 Å². The number of rotatable bonds is 1. The van der Waals surface area contributed by atoms with Crippen LogP contribution in [0.5, 0.6) is 0 Å². The van der Waals surface area contributed by atoms with E-state index < -0.39 is 23.8 Å².